The summed E-state index contributed by atoms with van der Waals surface area (Å²) in [4.78, 5) is 14.8. The average molecular weight is 407 g/mol. The maximum Gasteiger partial charge on any atom is 0.277 e. The van der Waals surface area contributed by atoms with E-state index in [2.05, 4.69) is 10.2 Å². The highest BCUT2D eigenvalue weighted by Crippen LogP contribution is 2.41. The van der Waals surface area contributed by atoms with Gasteiger partial charge in [-0.05, 0) is 25.1 Å². The Bertz CT molecular complexity index is 1070. The molecule has 0 unspecified atom stereocenters. The van der Waals surface area contributed by atoms with Crippen LogP contribution in [0.3, 0.4) is 0 Å². The number of ketones is 1. The van der Waals surface area contributed by atoms with Crippen molar-refractivity contribution in [2.45, 2.75) is 12.1 Å². The zero-order chi connectivity index (χ0) is 17.4. The summed E-state index contributed by atoms with van der Waals surface area (Å²) < 4.78 is 6.76. The van der Waals surface area contributed by atoms with E-state index in [-0.39, 0.29) is 11.5 Å². The largest absolute Gasteiger partial charge is 0.410 e. The summed E-state index contributed by atoms with van der Waals surface area (Å²) in [6, 6.07) is 11.7. The Balaban J connectivity index is 1.52. The smallest absolute Gasteiger partial charge is 0.277 e. The molecule has 0 aliphatic carbocycles. The van der Waals surface area contributed by atoms with Crippen molar-refractivity contribution in [2.24, 2.45) is 0 Å². The van der Waals surface area contributed by atoms with E-state index in [9.17, 15) is 4.79 Å². The number of fused-ring (bicyclic) bond motifs is 1. The van der Waals surface area contributed by atoms with Crippen molar-refractivity contribution < 1.29 is 9.21 Å². The Morgan fingerprint density at radius 1 is 1.20 bits per heavy atom. The van der Waals surface area contributed by atoms with Crippen LogP contribution in [0.5, 0.6) is 0 Å². The minimum atomic E-state index is 0.0581. The number of hydrogen-bond acceptors (Lipinski definition) is 7. The van der Waals surface area contributed by atoms with Crippen molar-refractivity contribution in [1.29, 1.82) is 0 Å². The first-order chi connectivity index (χ1) is 12.1. The molecule has 0 saturated heterocycles. The molecule has 0 radical (unpaired) electrons. The number of carbonyl (C=O) groups excluding carboxylic acids is 1. The minimum Gasteiger partial charge on any atom is -0.410 e. The number of nitrogens with zero attached hydrogens (tertiary/aromatic N) is 2. The van der Waals surface area contributed by atoms with Gasteiger partial charge in [0.15, 0.2) is 5.78 Å². The van der Waals surface area contributed by atoms with E-state index in [1.807, 2.05) is 43.3 Å². The first-order valence-corrected chi connectivity index (χ1v) is 10.3. The number of rotatable bonds is 5. The lowest BCUT2D eigenvalue weighted by Crippen LogP contribution is -1.99. The molecule has 0 N–H and O–H groups in total. The van der Waals surface area contributed by atoms with E-state index in [1.165, 1.54) is 34.4 Å². The molecule has 4 rings (SSSR count). The molecule has 0 spiro atoms. The fraction of sp³-hybridized carbons (Fsp3) is 0.118. The van der Waals surface area contributed by atoms with Gasteiger partial charge < -0.3 is 4.42 Å². The third-order valence-electron chi connectivity index (χ3n) is 3.48. The van der Waals surface area contributed by atoms with E-state index in [0.717, 1.165) is 24.7 Å². The van der Waals surface area contributed by atoms with Crippen LogP contribution in [0.2, 0.25) is 5.02 Å². The van der Waals surface area contributed by atoms with Gasteiger partial charge in [0.05, 0.1) is 15.7 Å². The Morgan fingerprint density at radius 3 is 2.80 bits per heavy atom. The molecule has 3 heterocycles. The predicted octanol–water partition coefficient (Wildman–Crippen LogP) is 5.95. The standard InChI is InChI=1S/C17H11ClN2O2S3/c1-9-6-7-13(24-9)11(21)8-23-17-20-19-16(22-17)15-14(18)10-4-2-3-5-12(10)25-15/h2-7H,8H2,1H3. The summed E-state index contributed by atoms with van der Waals surface area (Å²) in [7, 11) is 0. The Labute approximate surface area is 160 Å². The third-order valence-corrected chi connectivity index (χ3v) is 7.00. The Morgan fingerprint density at radius 2 is 2.04 bits per heavy atom. The number of aromatic nitrogens is 2. The van der Waals surface area contributed by atoms with Crippen LogP contribution in [0.4, 0.5) is 0 Å². The number of carbonyl (C=O) groups is 1. The first kappa shape index (κ1) is 16.8. The number of halogens is 1. The van der Waals surface area contributed by atoms with Crippen molar-refractivity contribution in [2.75, 3.05) is 5.75 Å². The van der Waals surface area contributed by atoms with Gasteiger partial charge in [-0.15, -0.1) is 32.9 Å². The fourth-order valence-corrected chi connectivity index (χ4v) is 5.27. The highest BCUT2D eigenvalue weighted by atomic mass is 35.5. The third kappa shape index (κ3) is 3.37. The lowest BCUT2D eigenvalue weighted by atomic mass is 10.2. The van der Waals surface area contributed by atoms with Crippen LogP contribution in [0, 0.1) is 6.92 Å². The molecule has 4 aromatic rings. The molecule has 25 heavy (non-hydrogen) atoms. The van der Waals surface area contributed by atoms with Crippen LogP contribution in [0.1, 0.15) is 14.5 Å². The molecule has 4 nitrogen and oxygen atoms in total. The number of thioether (sulfide) groups is 1. The van der Waals surface area contributed by atoms with Gasteiger partial charge in [-0.1, -0.05) is 41.6 Å². The topological polar surface area (TPSA) is 56.0 Å². The van der Waals surface area contributed by atoms with Crippen molar-refractivity contribution in [3.05, 3.63) is 51.2 Å². The van der Waals surface area contributed by atoms with Gasteiger partial charge in [0.25, 0.3) is 11.1 Å². The molecule has 0 saturated carbocycles. The number of hydrogen-bond donors (Lipinski definition) is 0. The zero-order valence-electron chi connectivity index (χ0n) is 13.0. The average Bonchev–Trinajstić information content (AvgIpc) is 3.32. The van der Waals surface area contributed by atoms with Crippen LogP contribution in [0.25, 0.3) is 20.9 Å². The monoisotopic (exact) mass is 406 g/mol. The Kier molecular flexibility index (Phi) is 4.64. The summed E-state index contributed by atoms with van der Waals surface area (Å²) in [6.45, 7) is 1.98. The normalized spacial score (nSPS) is 11.3. The Hall–Kier alpha value is -1.67. The molecular weight excluding hydrogens is 396 g/mol. The van der Waals surface area contributed by atoms with Gasteiger partial charge in [-0.3, -0.25) is 4.79 Å². The molecular formula is C17H11ClN2O2S3. The summed E-state index contributed by atoms with van der Waals surface area (Å²) in [5, 5.41) is 10.1. The predicted molar refractivity (Wildman–Crippen MR) is 104 cm³/mol. The fourth-order valence-electron chi connectivity index (χ4n) is 2.29. The summed E-state index contributed by atoms with van der Waals surface area (Å²) in [5.41, 5.74) is 0. The molecule has 0 aliphatic heterocycles. The minimum absolute atomic E-state index is 0.0581. The van der Waals surface area contributed by atoms with Gasteiger partial charge in [-0.25, -0.2) is 0 Å². The lowest BCUT2D eigenvalue weighted by molar-refractivity contribution is 0.102. The molecule has 8 heteroatoms. The van der Waals surface area contributed by atoms with E-state index in [4.69, 9.17) is 16.0 Å². The van der Waals surface area contributed by atoms with Crippen molar-refractivity contribution in [1.82, 2.24) is 10.2 Å². The summed E-state index contributed by atoms with van der Waals surface area (Å²) in [5.74, 6) is 0.706. The molecule has 0 bridgehead atoms. The van der Waals surface area contributed by atoms with Crippen LogP contribution in [-0.4, -0.2) is 21.7 Å². The summed E-state index contributed by atoms with van der Waals surface area (Å²) >= 11 is 10.7. The van der Waals surface area contributed by atoms with Crippen LogP contribution in [0.15, 0.2) is 46.0 Å². The van der Waals surface area contributed by atoms with E-state index >= 15 is 0 Å². The number of aryl methyl sites for hydroxylation is 1. The van der Waals surface area contributed by atoms with Crippen molar-refractivity contribution in [3.63, 3.8) is 0 Å². The van der Waals surface area contributed by atoms with Crippen molar-refractivity contribution >= 4 is 61.9 Å². The highest BCUT2D eigenvalue weighted by Gasteiger charge is 2.18. The highest BCUT2D eigenvalue weighted by molar-refractivity contribution is 7.99. The van der Waals surface area contributed by atoms with E-state index in [1.54, 1.807) is 0 Å². The van der Waals surface area contributed by atoms with Gasteiger partial charge >= 0.3 is 0 Å². The molecule has 1 aromatic carbocycles. The molecule has 0 amide bonds. The van der Waals surface area contributed by atoms with Crippen LogP contribution >= 0.6 is 46.0 Å². The van der Waals surface area contributed by atoms with Crippen LogP contribution < -0.4 is 0 Å². The number of benzene rings is 1. The molecule has 3 aromatic heterocycles. The maximum absolute atomic E-state index is 12.2. The second-order valence-electron chi connectivity index (χ2n) is 5.24. The molecule has 0 atom stereocenters. The molecule has 0 fully saturated rings. The zero-order valence-corrected chi connectivity index (χ0v) is 16.2. The van der Waals surface area contributed by atoms with Gasteiger partial charge in [0.1, 0.15) is 4.88 Å². The van der Waals surface area contributed by atoms with Gasteiger partial charge in [0.2, 0.25) is 0 Å². The van der Waals surface area contributed by atoms with Crippen LogP contribution in [-0.2, 0) is 0 Å². The van der Waals surface area contributed by atoms with E-state index < -0.39 is 0 Å². The number of thiophene rings is 2. The molecule has 0 aliphatic rings. The lowest BCUT2D eigenvalue weighted by Gasteiger charge is -1.94. The second kappa shape index (κ2) is 6.92. The first-order valence-electron chi connectivity index (χ1n) is 7.35. The molecule has 126 valence electrons. The quantitative estimate of drug-likeness (QED) is 0.303. The SMILES string of the molecule is Cc1ccc(C(=O)CSc2nnc(-c3sc4ccccc4c3Cl)o2)s1. The number of Topliss-reactive ketones (excluding diaryl/α,β-unsaturated/α-hetero) is 1. The maximum atomic E-state index is 12.2. The van der Waals surface area contributed by atoms with Gasteiger partial charge in [0, 0.05) is 15.0 Å². The van der Waals surface area contributed by atoms with Crippen molar-refractivity contribution in [3.8, 4) is 10.8 Å². The second-order valence-corrected chi connectivity index (χ2v) is 8.88. The summed E-state index contributed by atoms with van der Waals surface area (Å²) in [6.07, 6.45) is 0. The van der Waals surface area contributed by atoms with E-state index in [0.29, 0.717) is 16.1 Å². The van der Waals surface area contributed by atoms with Gasteiger partial charge in [-0.2, -0.15) is 0 Å².